The van der Waals surface area contributed by atoms with Crippen LogP contribution in [0.5, 0.6) is 11.5 Å². The minimum atomic E-state index is -0.332. The van der Waals surface area contributed by atoms with Crippen LogP contribution in [0, 0.1) is 5.82 Å². The molecule has 0 saturated carbocycles. The number of carbonyl (C=O) groups is 1. The molecule has 26 heavy (non-hydrogen) atoms. The lowest BCUT2D eigenvalue weighted by atomic mass is 10.1. The van der Waals surface area contributed by atoms with Crippen molar-refractivity contribution in [1.82, 2.24) is 5.32 Å². The monoisotopic (exact) mass is 351 g/mol. The maximum absolute atomic E-state index is 13.1. The van der Waals surface area contributed by atoms with Crippen molar-refractivity contribution < 1.29 is 19.0 Å². The fraction of sp³-hybridized carbons (Fsp3) is 0.0952. The molecule has 2 N–H and O–H groups in total. The summed E-state index contributed by atoms with van der Waals surface area (Å²) < 4.78 is 18.6. The molecule has 3 aromatic rings. The number of amides is 1. The summed E-state index contributed by atoms with van der Waals surface area (Å²) in [6.07, 6.45) is 0. The number of carbonyl (C=O) groups excluding carboxylic acids is 1. The van der Waals surface area contributed by atoms with E-state index >= 15 is 0 Å². The van der Waals surface area contributed by atoms with Crippen molar-refractivity contribution in [2.24, 2.45) is 0 Å². The molecule has 0 aliphatic heterocycles. The average Bonchev–Trinajstić information content (AvgIpc) is 2.66. The van der Waals surface area contributed by atoms with Crippen LogP contribution in [0.3, 0.4) is 0 Å². The molecule has 0 atom stereocenters. The summed E-state index contributed by atoms with van der Waals surface area (Å²) >= 11 is 0. The normalized spacial score (nSPS) is 10.3. The Hall–Kier alpha value is -3.34. The summed E-state index contributed by atoms with van der Waals surface area (Å²) in [5, 5.41) is 12.0. The lowest BCUT2D eigenvalue weighted by molar-refractivity contribution is -0.123. The first-order valence-corrected chi connectivity index (χ1v) is 8.13. The SMILES string of the molecule is O=C(COc1ccc(-c2ccc(O)cc2)cc1)NCc1cccc(F)c1. The van der Waals surface area contributed by atoms with Gasteiger partial charge in [0.25, 0.3) is 5.91 Å². The van der Waals surface area contributed by atoms with Gasteiger partial charge in [-0.15, -0.1) is 0 Å². The highest BCUT2D eigenvalue weighted by Crippen LogP contribution is 2.24. The van der Waals surface area contributed by atoms with Crippen molar-refractivity contribution in [1.29, 1.82) is 0 Å². The molecule has 0 spiro atoms. The molecule has 4 nitrogen and oxygen atoms in total. The van der Waals surface area contributed by atoms with Gasteiger partial charge in [-0.3, -0.25) is 4.79 Å². The third kappa shape index (κ3) is 4.83. The van der Waals surface area contributed by atoms with E-state index in [1.165, 1.54) is 12.1 Å². The highest BCUT2D eigenvalue weighted by Gasteiger charge is 2.04. The number of aromatic hydroxyl groups is 1. The van der Waals surface area contributed by atoms with E-state index in [2.05, 4.69) is 5.32 Å². The quantitative estimate of drug-likeness (QED) is 0.708. The summed E-state index contributed by atoms with van der Waals surface area (Å²) in [5.41, 5.74) is 2.65. The Kier molecular flexibility index (Phi) is 5.49. The van der Waals surface area contributed by atoms with Crippen LogP contribution >= 0.6 is 0 Å². The van der Waals surface area contributed by atoms with Crippen LogP contribution in [0.15, 0.2) is 72.8 Å². The Morgan fingerprint density at radius 1 is 0.962 bits per heavy atom. The van der Waals surface area contributed by atoms with E-state index in [0.717, 1.165) is 11.1 Å². The van der Waals surface area contributed by atoms with Gasteiger partial charge in [0, 0.05) is 6.54 Å². The molecule has 0 bridgehead atoms. The number of halogens is 1. The lowest BCUT2D eigenvalue weighted by Crippen LogP contribution is -2.28. The molecule has 0 radical (unpaired) electrons. The van der Waals surface area contributed by atoms with Crippen molar-refractivity contribution in [3.63, 3.8) is 0 Å². The van der Waals surface area contributed by atoms with Gasteiger partial charge < -0.3 is 15.2 Å². The van der Waals surface area contributed by atoms with Gasteiger partial charge in [0.05, 0.1) is 0 Å². The Bertz CT molecular complexity index is 877. The summed E-state index contributed by atoms with van der Waals surface area (Å²) in [6, 6.07) is 20.3. The van der Waals surface area contributed by atoms with Gasteiger partial charge in [0.1, 0.15) is 17.3 Å². The van der Waals surface area contributed by atoms with Crippen molar-refractivity contribution in [3.8, 4) is 22.6 Å². The predicted octanol–water partition coefficient (Wildman–Crippen LogP) is 3.89. The molecular weight excluding hydrogens is 333 g/mol. The number of hydrogen-bond donors (Lipinski definition) is 2. The second kappa shape index (κ2) is 8.16. The first-order valence-electron chi connectivity index (χ1n) is 8.13. The minimum absolute atomic E-state index is 0.117. The number of nitrogens with one attached hydrogen (secondary N) is 1. The molecule has 0 aromatic heterocycles. The van der Waals surface area contributed by atoms with E-state index in [-0.39, 0.29) is 30.6 Å². The maximum atomic E-state index is 13.1. The molecule has 0 aliphatic carbocycles. The number of phenolic OH excluding ortho intramolecular Hbond substituents is 1. The highest BCUT2D eigenvalue weighted by molar-refractivity contribution is 5.77. The van der Waals surface area contributed by atoms with E-state index in [0.29, 0.717) is 11.3 Å². The van der Waals surface area contributed by atoms with Crippen molar-refractivity contribution in [3.05, 3.63) is 84.2 Å². The first-order chi connectivity index (χ1) is 12.6. The second-order valence-electron chi connectivity index (χ2n) is 5.77. The summed E-state index contributed by atoms with van der Waals surface area (Å²) in [5.74, 6) is 0.185. The summed E-state index contributed by atoms with van der Waals surface area (Å²) in [4.78, 5) is 11.8. The molecule has 0 fully saturated rings. The number of benzene rings is 3. The van der Waals surface area contributed by atoms with Crippen LogP contribution < -0.4 is 10.1 Å². The van der Waals surface area contributed by atoms with Gasteiger partial charge in [-0.2, -0.15) is 0 Å². The largest absolute Gasteiger partial charge is 0.508 e. The fourth-order valence-electron chi connectivity index (χ4n) is 2.44. The van der Waals surface area contributed by atoms with E-state index in [1.54, 1.807) is 36.4 Å². The maximum Gasteiger partial charge on any atom is 0.258 e. The lowest BCUT2D eigenvalue weighted by Gasteiger charge is -2.09. The smallest absolute Gasteiger partial charge is 0.258 e. The van der Waals surface area contributed by atoms with Crippen LogP contribution in [0.25, 0.3) is 11.1 Å². The molecule has 1 amide bonds. The Morgan fingerprint density at radius 3 is 2.27 bits per heavy atom. The third-order valence-corrected chi connectivity index (χ3v) is 3.80. The Balaban J connectivity index is 1.49. The highest BCUT2D eigenvalue weighted by atomic mass is 19.1. The number of phenols is 1. The molecule has 0 heterocycles. The standard InChI is InChI=1S/C21H18FNO3/c22-18-3-1-2-15(12-18)13-23-21(25)14-26-20-10-6-17(7-11-20)16-4-8-19(24)9-5-16/h1-12,24H,13-14H2,(H,23,25). The van der Waals surface area contributed by atoms with Gasteiger partial charge in [0.15, 0.2) is 6.61 Å². The third-order valence-electron chi connectivity index (χ3n) is 3.80. The van der Waals surface area contributed by atoms with Crippen LogP contribution in [0.4, 0.5) is 4.39 Å². The van der Waals surface area contributed by atoms with Crippen LogP contribution in [-0.4, -0.2) is 17.6 Å². The molecule has 132 valence electrons. The second-order valence-corrected chi connectivity index (χ2v) is 5.77. The van der Waals surface area contributed by atoms with E-state index in [1.807, 2.05) is 24.3 Å². The van der Waals surface area contributed by atoms with Gasteiger partial charge in [0.2, 0.25) is 0 Å². The topological polar surface area (TPSA) is 58.6 Å². The van der Waals surface area contributed by atoms with Gasteiger partial charge in [-0.25, -0.2) is 4.39 Å². The minimum Gasteiger partial charge on any atom is -0.508 e. The molecule has 5 heteroatoms. The van der Waals surface area contributed by atoms with Crippen molar-refractivity contribution in [2.75, 3.05) is 6.61 Å². The van der Waals surface area contributed by atoms with Crippen LogP contribution in [0.2, 0.25) is 0 Å². The molecule has 0 aliphatic rings. The Morgan fingerprint density at radius 2 is 1.62 bits per heavy atom. The zero-order valence-corrected chi connectivity index (χ0v) is 14.0. The number of rotatable bonds is 6. The van der Waals surface area contributed by atoms with Crippen molar-refractivity contribution >= 4 is 5.91 Å². The summed E-state index contributed by atoms with van der Waals surface area (Å²) in [7, 11) is 0. The van der Waals surface area contributed by atoms with Crippen molar-refractivity contribution in [2.45, 2.75) is 6.54 Å². The van der Waals surface area contributed by atoms with E-state index < -0.39 is 0 Å². The van der Waals surface area contributed by atoms with E-state index in [9.17, 15) is 14.3 Å². The summed E-state index contributed by atoms with van der Waals surface area (Å²) in [6.45, 7) is 0.133. The predicted molar refractivity (Wildman–Crippen MR) is 97.3 cm³/mol. The average molecular weight is 351 g/mol. The first kappa shape index (κ1) is 17.5. The number of hydrogen-bond acceptors (Lipinski definition) is 3. The van der Waals surface area contributed by atoms with Crippen LogP contribution in [0.1, 0.15) is 5.56 Å². The zero-order chi connectivity index (χ0) is 18.4. The molecular formula is C21H18FNO3. The van der Waals surface area contributed by atoms with Crippen LogP contribution in [-0.2, 0) is 11.3 Å². The molecule has 0 saturated heterocycles. The molecule has 0 unspecified atom stereocenters. The molecule has 3 aromatic carbocycles. The Labute approximate surface area is 150 Å². The van der Waals surface area contributed by atoms with Gasteiger partial charge >= 0.3 is 0 Å². The fourth-order valence-corrected chi connectivity index (χ4v) is 2.44. The number of ether oxygens (including phenoxy) is 1. The van der Waals surface area contributed by atoms with E-state index in [4.69, 9.17) is 4.74 Å². The van der Waals surface area contributed by atoms with Gasteiger partial charge in [-0.05, 0) is 53.1 Å². The van der Waals surface area contributed by atoms with Gasteiger partial charge in [-0.1, -0.05) is 36.4 Å². The zero-order valence-electron chi connectivity index (χ0n) is 14.0. The molecule has 3 rings (SSSR count).